The fourth-order valence-corrected chi connectivity index (χ4v) is 2.69. The zero-order valence-corrected chi connectivity index (χ0v) is 14.2. The summed E-state index contributed by atoms with van der Waals surface area (Å²) in [4.78, 5) is 12.1. The average molecular weight is 402 g/mol. The van der Waals surface area contributed by atoms with Crippen LogP contribution in [0.2, 0.25) is 0 Å². The summed E-state index contributed by atoms with van der Waals surface area (Å²) in [6.07, 6.45) is -3.28. The molecule has 3 aromatic rings. The maximum Gasteiger partial charge on any atom is 0.445 e. The van der Waals surface area contributed by atoms with E-state index in [4.69, 9.17) is 9.15 Å². The second kappa shape index (κ2) is 7.23. The number of aromatic nitrogens is 2. The molecule has 0 aliphatic rings. The Bertz CT molecular complexity index is 957. The minimum Gasteiger partial charge on any atom is -0.494 e. The van der Waals surface area contributed by atoms with E-state index in [1.54, 1.807) is 12.1 Å². The van der Waals surface area contributed by atoms with Gasteiger partial charge in [0.25, 0.3) is 0 Å². The standard InChI is InChI=1S/C15H10F4N4O3S/c1-25-11-5-7(10-3-2-4-26-10)9(6-8(11)16)20-13(24)21-14-23-22-12(27-14)15(17,18)19/h2-6H,1H3,(H2,20,21,23,24). The van der Waals surface area contributed by atoms with E-state index in [2.05, 4.69) is 20.8 Å². The van der Waals surface area contributed by atoms with Gasteiger partial charge in [0.05, 0.1) is 19.1 Å². The molecular weight excluding hydrogens is 392 g/mol. The molecule has 3 rings (SSSR count). The topological polar surface area (TPSA) is 89.3 Å². The van der Waals surface area contributed by atoms with Crippen LogP contribution in [0.3, 0.4) is 0 Å². The Labute approximate surface area is 153 Å². The Hall–Kier alpha value is -3.15. The average Bonchev–Trinajstić information content (AvgIpc) is 3.26. The number of carbonyl (C=O) groups excluding carboxylic acids is 1. The van der Waals surface area contributed by atoms with Crippen LogP contribution in [-0.4, -0.2) is 23.3 Å². The van der Waals surface area contributed by atoms with Gasteiger partial charge in [0, 0.05) is 11.6 Å². The summed E-state index contributed by atoms with van der Waals surface area (Å²) in [6.45, 7) is 0. The number of alkyl halides is 3. The molecule has 0 fully saturated rings. The van der Waals surface area contributed by atoms with Gasteiger partial charge in [0.15, 0.2) is 11.6 Å². The maximum atomic E-state index is 14.0. The molecule has 2 heterocycles. The molecule has 0 aliphatic carbocycles. The summed E-state index contributed by atoms with van der Waals surface area (Å²) >= 11 is 0.158. The van der Waals surface area contributed by atoms with Crippen molar-refractivity contribution >= 4 is 28.2 Å². The van der Waals surface area contributed by atoms with Crippen LogP contribution in [0.5, 0.6) is 5.75 Å². The van der Waals surface area contributed by atoms with Gasteiger partial charge in [-0.05, 0) is 18.2 Å². The third-order valence-electron chi connectivity index (χ3n) is 3.21. The predicted molar refractivity (Wildman–Crippen MR) is 88.2 cm³/mol. The number of halogens is 4. The highest BCUT2D eigenvalue weighted by Crippen LogP contribution is 2.35. The highest BCUT2D eigenvalue weighted by molar-refractivity contribution is 7.15. The summed E-state index contributed by atoms with van der Waals surface area (Å²) < 4.78 is 61.7. The number of carbonyl (C=O) groups is 1. The predicted octanol–water partition coefficient (Wildman–Crippen LogP) is 4.61. The Morgan fingerprint density at radius 1 is 1.26 bits per heavy atom. The van der Waals surface area contributed by atoms with Gasteiger partial charge in [0.1, 0.15) is 5.76 Å². The smallest absolute Gasteiger partial charge is 0.445 e. The van der Waals surface area contributed by atoms with Crippen LogP contribution in [0.1, 0.15) is 5.01 Å². The zero-order chi connectivity index (χ0) is 19.6. The van der Waals surface area contributed by atoms with Crippen LogP contribution in [0, 0.1) is 5.82 Å². The van der Waals surface area contributed by atoms with Crippen molar-refractivity contribution in [1.82, 2.24) is 10.2 Å². The number of amides is 2. The molecule has 0 saturated carbocycles. The van der Waals surface area contributed by atoms with Gasteiger partial charge < -0.3 is 14.5 Å². The third-order valence-corrected chi connectivity index (χ3v) is 4.10. The van der Waals surface area contributed by atoms with Crippen LogP contribution in [0.4, 0.5) is 33.2 Å². The SMILES string of the molecule is COc1cc(-c2ccco2)c(NC(=O)Nc2nnc(C(F)(F)F)s2)cc1F. The highest BCUT2D eigenvalue weighted by Gasteiger charge is 2.35. The van der Waals surface area contributed by atoms with Gasteiger partial charge in [-0.1, -0.05) is 11.3 Å². The second-order valence-electron chi connectivity index (χ2n) is 5.00. The van der Waals surface area contributed by atoms with Gasteiger partial charge >= 0.3 is 12.2 Å². The monoisotopic (exact) mass is 402 g/mol. The maximum absolute atomic E-state index is 14.0. The van der Waals surface area contributed by atoms with Crippen molar-refractivity contribution in [2.75, 3.05) is 17.7 Å². The molecule has 1 aromatic carbocycles. The van der Waals surface area contributed by atoms with Crippen molar-refractivity contribution in [3.05, 3.63) is 41.4 Å². The quantitative estimate of drug-likeness (QED) is 0.622. The van der Waals surface area contributed by atoms with E-state index in [-0.39, 0.29) is 27.9 Å². The lowest BCUT2D eigenvalue weighted by atomic mass is 10.1. The van der Waals surface area contributed by atoms with Gasteiger partial charge in [0.2, 0.25) is 10.1 Å². The minimum atomic E-state index is -4.67. The first kappa shape index (κ1) is 18.6. The van der Waals surface area contributed by atoms with Crippen molar-refractivity contribution in [1.29, 1.82) is 0 Å². The molecule has 0 aliphatic heterocycles. The van der Waals surface area contributed by atoms with Gasteiger partial charge in [-0.3, -0.25) is 5.32 Å². The zero-order valence-electron chi connectivity index (χ0n) is 13.4. The third kappa shape index (κ3) is 4.16. The first-order valence-corrected chi connectivity index (χ1v) is 7.99. The van der Waals surface area contributed by atoms with Crippen LogP contribution in [0.15, 0.2) is 34.9 Å². The summed E-state index contributed by atoms with van der Waals surface area (Å²) in [5, 5.41) is 9.08. The lowest BCUT2D eigenvalue weighted by molar-refractivity contribution is -0.138. The number of methoxy groups -OCH3 is 1. The first-order chi connectivity index (χ1) is 12.8. The van der Waals surface area contributed by atoms with Gasteiger partial charge in [-0.15, -0.1) is 10.2 Å². The molecule has 7 nitrogen and oxygen atoms in total. The lowest BCUT2D eigenvalue weighted by Gasteiger charge is -2.12. The number of urea groups is 1. The van der Waals surface area contributed by atoms with E-state index >= 15 is 0 Å². The Kier molecular flexibility index (Phi) is 4.99. The molecule has 0 radical (unpaired) electrons. The fraction of sp³-hybridized carbons (Fsp3) is 0.133. The minimum absolute atomic E-state index is 0.0151. The van der Waals surface area contributed by atoms with E-state index in [0.29, 0.717) is 11.3 Å². The molecule has 0 atom stereocenters. The fourth-order valence-electron chi connectivity index (χ4n) is 2.09. The van der Waals surface area contributed by atoms with E-state index in [1.165, 1.54) is 19.4 Å². The molecule has 0 saturated heterocycles. The summed E-state index contributed by atoms with van der Waals surface area (Å²) in [7, 11) is 1.28. The number of nitrogens with one attached hydrogen (secondary N) is 2. The molecule has 12 heteroatoms. The number of furan rings is 1. The van der Waals surface area contributed by atoms with E-state index in [9.17, 15) is 22.4 Å². The summed E-state index contributed by atoms with van der Waals surface area (Å²) in [5.41, 5.74) is 0.322. The molecule has 2 aromatic heterocycles. The number of nitrogens with zero attached hydrogens (tertiary/aromatic N) is 2. The Morgan fingerprint density at radius 2 is 2.04 bits per heavy atom. The molecule has 142 valence electrons. The number of hydrogen-bond donors (Lipinski definition) is 2. The van der Waals surface area contributed by atoms with Crippen molar-refractivity contribution in [3.8, 4) is 17.1 Å². The van der Waals surface area contributed by atoms with Crippen molar-refractivity contribution < 1.29 is 31.5 Å². The van der Waals surface area contributed by atoms with Crippen molar-refractivity contribution in [2.24, 2.45) is 0 Å². The number of hydrogen-bond acceptors (Lipinski definition) is 6. The van der Waals surface area contributed by atoms with Crippen LogP contribution >= 0.6 is 11.3 Å². The van der Waals surface area contributed by atoms with Gasteiger partial charge in [-0.25, -0.2) is 9.18 Å². The normalized spacial score (nSPS) is 11.3. The molecule has 2 N–H and O–H groups in total. The molecule has 2 amide bonds. The van der Waals surface area contributed by atoms with E-state index < -0.39 is 23.0 Å². The largest absolute Gasteiger partial charge is 0.494 e. The van der Waals surface area contributed by atoms with E-state index in [0.717, 1.165) is 6.07 Å². The van der Waals surface area contributed by atoms with E-state index in [1.807, 2.05) is 0 Å². The highest BCUT2D eigenvalue weighted by atomic mass is 32.1. The first-order valence-electron chi connectivity index (χ1n) is 7.18. The number of benzene rings is 1. The van der Waals surface area contributed by atoms with Crippen molar-refractivity contribution in [3.63, 3.8) is 0 Å². The summed E-state index contributed by atoms with van der Waals surface area (Å²) in [5.74, 6) is -0.511. The lowest BCUT2D eigenvalue weighted by Crippen LogP contribution is -2.20. The van der Waals surface area contributed by atoms with Crippen LogP contribution in [0.25, 0.3) is 11.3 Å². The molecule has 0 unspecified atom stereocenters. The van der Waals surface area contributed by atoms with Crippen molar-refractivity contribution in [2.45, 2.75) is 6.18 Å². The van der Waals surface area contributed by atoms with Crippen LogP contribution in [-0.2, 0) is 6.18 Å². The molecule has 27 heavy (non-hydrogen) atoms. The molecule has 0 bridgehead atoms. The second-order valence-corrected chi connectivity index (χ2v) is 5.98. The Morgan fingerprint density at radius 3 is 2.63 bits per heavy atom. The molecule has 0 spiro atoms. The summed E-state index contributed by atoms with van der Waals surface area (Å²) in [6, 6.07) is 4.55. The number of rotatable bonds is 4. The molecular formula is C15H10F4N4O3S. The van der Waals surface area contributed by atoms with Gasteiger partial charge in [-0.2, -0.15) is 13.2 Å². The Balaban J connectivity index is 1.83. The number of ether oxygens (including phenoxy) is 1. The number of anilines is 2. The van der Waals surface area contributed by atoms with Crippen LogP contribution < -0.4 is 15.4 Å².